The number of fused-ring (bicyclic) bond motifs is 1. The number of nitrogens with one attached hydrogen (secondary N) is 3. The number of likely N-dealkylation sites (tertiary alicyclic amines) is 1. The minimum Gasteiger partial charge on any atom is -0.322 e. The van der Waals surface area contributed by atoms with E-state index in [1.807, 2.05) is 25.1 Å². The molecule has 41 heavy (non-hydrogen) atoms. The molecule has 1 atom stereocenters. The van der Waals surface area contributed by atoms with Gasteiger partial charge in [0.15, 0.2) is 5.82 Å². The Morgan fingerprint density at radius 3 is 2.46 bits per heavy atom. The molecule has 0 radical (unpaired) electrons. The maximum Gasteiger partial charge on any atom is 0.255 e. The van der Waals surface area contributed by atoms with Gasteiger partial charge in [0.25, 0.3) is 5.91 Å². The number of aromatic amines is 1. The molecule has 4 amide bonds. The highest BCUT2D eigenvalue weighted by molar-refractivity contribution is 6.05. The average Bonchev–Trinajstić information content (AvgIpc) is 3.51. The van der Waals surface area contributed by atoms with E-state index in [0.717, 1.165) is 49.3 Å². The van der Waals surface area contributed by atoms with Gasteiger partial charge in [0.2, 0.25) is 17.7 Å². The van der Waals surface area contributed by atoms with Gasteiger partial charge in [0.05, 0.1) is 6.42 Å². The smallest absolute Gasteiger partial charge is 0.255 e. The van der Waals surface area contributed by atoms with E-state index < -0.39 is 6.04 Å². The van der Waals surface area contributed by atoms with Crippen LogP contribution in [0.5, 0.6) is 0 Å². The Kier molecular flexibility index (Phi) is 7.40. The van der Waals surface area contributed by atoms with Gasteiger partial charge in [-0.3, -0.25) is 34.5 Å². The van der Waals surface area contributed by atoms with Crippen molar-refractivity contribution >= 4 is 29.4 Å². The molecule has 2 saturated heterocycles. The number of hydrogen-bond donors (Lipinski definition) is 3. The molecule has 10 nitrogen and oxygen atoms in total. The van der Waals surface area contributed by atoms with Crippen molar-refractivity contribution in [2.45, 2.75) is 64.1 Å². The van der Waals surface area contributed by atoms with Crippen LogP contribution < -0.4 is 10.6 Å². The van der Waals surface area contributed by atoms with E-state index in [9.17, 15) is 19.2 Å². The number of rotatable bonds is 7. The number of carbonyl (C=O) groups is 4. The molecule has 3 aliphatic rings. The highest BCUT2D eigenvalue weighted by Crippen LogP contribution is 2.34. The lowest BCUT2D eigenvalue weighted by Crippen LogP contribution is -2.52. The van der Waals surface area contributed by atoms with Crippen molar-refractivity contribution in [2.75, 3.05) is 18.4 Å². The second-order valence-electron chi connectivity index (χ2n) is 11.3. The van der Waals surface area contributed by atoms with E-state index in [1.165, 1.54) is 11.1 Å². The number of anilines is 1. The Bertz CT molecular complexity index is 1490. The normalized spacial score (nSPS) is 19.8. The highest BCUT2D eigenvalue weighted by Gasteiger charge is 2.39. The summed E-state index contributed by atoms with van der Waals surface area (Å²) in [5, 5.41) is 12.0. The lowest BCUT2D eigenvalue weighted by atomic mass is 9.87. The molecule has 3 aliphatic heterocycles. The Balaban J connectivity index is 0.998. The fourth-order valence-corrected chi connectivity index (χ4v) is 6.15. The molecule has 0 saturated carbocycles. The SMILES string of the molecule is Cc1cc(NC(=O)Cc2ccc(CN3CCC(c4ccc5c(c4)CN(C4CCC(=O)NC4=O)C5=O)CC3)cc2)n[nH]1. The molecule has 2 fully saturated rings. The van der Waals surface area contributed by atoms with Gasteiger partial charge in [-0.05, 0) is 73.5 Å². The number of carbonyl (C=O) groups excluding carboxylic acids is 4. The Morgan fingerprint density at radius 2 is 1.76 bits per heavy atom. The van der Waals surface area contributed by atoms with E-state index in [-0.39, 0.29) is 30.0 Å². The molecule has 1 unspecified atom stereocenters. The van der Waals surface area contributed by atoms with Gasteiger partial charge < -0.3 is 10.2 Å². The number of hydrogen-bond acceptors (Lipinski definition) is 6. The molecular formula is C31H34N6O4. The predicted octanol–water partition coefficient (Wildman–Crippen LogP) is 3.04. The highest BCUT2D eigenvalue weighted by atomic mass is 16.2. The second-order valence-corrected chi connectivity index (χ2v) is 11.3. The molecule has 0 bridgehead atoms. The van der Waals surface area contributed by atoms with Crippen LogP contribution in [0.3, 0.4) is 0 Å². The van der Waals surface area contributed by atoms with Crippen molar-refractivity contribution in [1.82, 2.24) is 25.3 Å². The Labute approximate surface area is 238 Å². The van der Waals surface area contributed by atoms with Crippen molar-refractivity contribution in [3.8, 4) is 0 Å². The molecule has 0 spiro atoms. The fraction of sp³-hybridized carbons (Fsp3) is 0.387. The minimum atomic E-state index is -0.586. The maximum atomic E-state index is 13.0. The third-order valence-corrected chi connectivity index (χ3v) is 8.37. The zero-order valence-electron chi connectivity index (χ0n) is 23.1. The van der Waals surface area contributed by atoms with Gasteiger partial charge in [-0.25, -0.2) is 0 Å². The number of piperidine rings is 2. The van der Waals surface area contributed by atoms with E-state index in [2.05, 4.69) is 50.0 Å². The van der Waals surface area contributed by atoms with Gasteiger partial charge >= 0.3 is 0 Å². The van der Waals surface area contributed by atoms with Crippen LogP contribution in [0.1, 0.15) is 69.9 Å². The van der Waals surface area contributed by atoms with Gasteiger partial charge in [0.1, 0.15) is 6.04 Å². The zero-order chi connectivity index (χ0) is 28.5. The molecule has 2 aromatic carbocycles. The summed E-state index contributed by atoms with van der Waals surface area (Å²) < 4.78 is 0. The van der Waals surface area contributed by atoms with E-state index in [0.29, 0.717) is 36.7 Å². The van der Waals surface area contributed by atoms with Crippen LogP contribution >= 0.6 is 0 Å². The summed E-state index contributed by atoms with van der Waals surface area (Å²) in [4.78, 5) is 53.2. The summed E-state index contributed by atoms with van der Waals surface area (Å²) in [5.74, 6) is 0.0874. The summed E-state index contributed by atoms with van der Waals surface area (Å²) in [6, 6.07) is 15.5. The first-order valence-electron chi connectivity index (χ1n) is 14.2. The van der Waals surface area contributed by atoms with Gasteiger partial charge in [-0.2, -0.15) is 5.10 Å². The summed E-state index contributed by atoms with van der Waals surface area (Å²) in [6.45, 7) is 5.13. The van der Waals surface area contributed by atoms with Crippen LogP contribution in [0.2, 0.25) is 0 Å². The summed E-state index contributed by atoms with van der Waals surface area (Å²) in [6.07, 6.45) is 3.01. The largest absolute Gasteiger partial charge is 0.322 e. The third-order valence-electron chi connectivity index (χ3n) is 8.37. The third kappa shape index (κ3) is 5.92. The number of benzene rings is 2. The van der Waals surface area contributed by atoms with Crippen molar-refractivity contribution in [2.24, 2.45) is 0 Å². The van der Waals surface area contributed by atoms with Crippen LogP contribution in [0.25, 0.3) is 0 Å². The van der Waals surface area contributed by atoms with Crippen molar-refractivity contribution in [1.29, 1.82) is 0 Å². The Morgan fingerprint density at radius 1 is 1.00 bits per heavy atom. The molecule has 0 aliphatic carbocycles. The average molecular weight is 555 g/mol. The van der Waals surface area contributed by atoms with Crippen LogP contribution in [0.4, 0.5) is 5.82 Å². The van der Waals surface area contributed by atoms with E-state index in [4.69, 9.17) is 0 Å². The zero-order valence-corrected chi connectivity index (χ0v) is 23.1. The molecule has 4 heterocycles. The molecule has 10 heteroatoms. The summed E-state index contributed by atoms with van der Waals surface area (Å²) in [5.41, 5.74) is 5.95. The number of imide groups is 1. The van der Waals surface area contributed by atoms with Crippen LogP contribution in [-0.2, 0) is 33.9 Å². The van der Waals surface area contributed by atoms with Gasteiger partial charge in [-0.1, -0.05) is 36.4 Å². The first-order valence-corrected chi connectivity index (χ1v) is 14.2. The lowest BCUT2D eigenvalue weighted by Gasteiger charge is -2.32. The standard InChI is InChI=1S/C31H34N6O4/c1-19-14-27(35-34-19)32-29(39)15-20-2-4-21(5-3-20)17-36-12-10-22(11-13-36)23-6-7-25-24(16-23)18-37(31(25)41)26-8-9-28(38)33-30(26)40/h2-7,14,16,22,26H,8-13,15,17-18H2,1H3,(H,33,38,40)(H2,32,34,35,39). The van der Waals surface area contributed by atoms with Gasteiger partial charge in [0, 0.05) is 36.8 Å². The molecule has 6 rings (SSSR count). The molecule has 3 N–H and O–H groups in total. The molecular weight excluding hydrogens is 520 g/mol. The Hall–Kier alpha value is -4.31. The number of nitrogens with zero attached hydrogens (tertiary/aromatic N) is 3. The monoisotopic (exact) mass is 554 g/mol. The van der Waals surface area contributed by atoms with Crippen molar-refractivity contribution in [3.05, 3.63) is 82.0 Å². The first kappa shape index (κ1) is 26.9. The summed E-state index contributed by atoms with van der Waals surface area (Å²) in [7, 11) is 0. The van der Waals surface area contributed by atoms with Crippen LogP contribution in [-0.4, -0.2) is 62.8 Å². The van der Waals surface area contributed by atoms with Crippen molar-refractivity contribution in [3.63, 3.8) is 0 Å². The lowest BCUT2D eigenvalue weighted by molar-refractivity contribution is -0.137. The van der Waals surface area contributed by atoms with E-state index in [1.54, 1.807) is 11.0 Å². The minimum absolute atomic E-state index is 0.0917. The number of H-pyrrole nitrogens is 1. The molecule has 212 valence electrons. The van der Waals surface area contributed by atoms with Gasteiger partial charge in [-0.15, -0.1) is 0 Å². The molecule has 3 aromatic rings. The predicted molar refractivity (Wildman–Crippen MR) is 152 cm³/mol. The summed E-state index contributed by atoms with van der Waals surface area (Å²) >= 11 is 0. The fourth-order valence-electron chi connectivity index (χ4n) is 6.15. The topological polar surface area (TPSA) is 128 Å². The van der Waals surface area contributed by atoms with Crippen molar-refractivity contribution < 1.29 is 19.2 Å². The quantitative estimate of drug-likeness (QED) is 0.386. The first-order chi connectivity index (χ1) is 19.8. The maximum absolute atomic E-state index is 13.0. The number of aryl methyl sites for hydroxylation is 1. The number of aromatic nitrogens is 2. The number of amides is 4. The molecule has 1 aromatic heterocycles. The van der Waals surface area contributed by atoms with Crippen LogP contribution in [0, 0.1) is 6.92 Å². The van der Waals surface area contributed by atoms with Crippen LogP contribution in [0.15, 0.2) is 48.5 Å². The van der Waals surface area contributed by atoms with E-state index >= 15 is 0 Å². The second kappa shape index (κ2) is 11.3.